The zero-order valence-electron chi connectivity index (χ0n) is 28.4. The van der Waals surface area contributed by atoms with Gasteiger partial charge in [0.1, 0.15) is 0 Å². The molecule has 0 aliphatic carbocycles. The van der Waals surface area contributed by atoms with Crippen LogP contribution in [0.5, 0.6) is 0 Å². The quantitative estimate of drug-likeness (QED) is 0.263. The van der Waals surface area contributed by atoms with Gasteiger partial charge in [0.05, 0.1) is 30.2 Å². The van der Waals surface area contributed by atoms with E-state index < -0.39 is 27.9 Å². The number of benzene rings is 1. The third-order valence-electron chi connectivity index (χ3n) is 10.2. The van der Waals surface area contributed by atoms with E-state index in [4.69, 9.17) is 5.10 Å². The Morgan fingerprint density at radius 3 is 2.54 bits per heavy atom. The van der Waals surface area contributed by atoms with Crippen molar-refractivity contribution in [2.45, 2.75) is 68.3 Å². The van der Waals surface area contributed by atoms with Crippen molar-refractivity contribution in [2.24, 2.45) is 5.92 Å². The first-order chi connectivity index (χ1) is 23.9. The molecule has 3 aromatic rings. The summed E-state index contributed by atoms with van der Waals surface area (Å²) < 4.78 is 70.8. The summed E-state index contributed by atoms with van der Waals surface area (Å²) in [5.41, 5.74) is 2.75. The van der Waals surface area contributed by atoms with Gasteiger partial charge in [0.25, 0.3) is 0 Å². The zero-order valence-corrected chi connectivity index (χ0v) is 30.1. The average Bonchev–Trinajstić information content (AvgIpc) is 3.45. The third kappa shape index (κ3) is 9.09. The van der Waals surface area contributed by atoms with Crippen LogP contribution >= 0.6 is 11.8 Å². The van der Waals surface area contributed by atoms with E-state index in [9.17, 15) is 31.8 Å². The Bertz CT molecular complexity index is 1700. The van der Waals surface area contributed by atoms with Crippen molar-refractivity contribution in [3.8, 4) is 11.3 Å². The molecule has 2 unspecified atom stereocenters. The van der Waals surface area contributed by atoms with E-state index in [0.717, 1.165) is 87.3 Å². The number of nitrogens with zero attached hydrogens (tertiary/aromatic N) is 6. The maximum Gasteiger partial charge on any atom is 0.417 e. The standard InChI is InChI=1S/C35H47F3N6O4S2/c1-50(47,48)43-16-11-32-29(23-43)34(40-44(32)22-28(46)21-42-14-9-26(10-15-42)31-6-2-3-12-39-31)27-7-8-30(35(36,37)38)33(19-27)49-18-17-41-13-4-5-25(20-41)24-45/h2-3,6-8,12,19,25-26,28,45-46H,4-5,9-11,13-18,20-24H2,1H3. The van der Waals surface area contributed by atoms with E-state index in [1.54, 1.807) is 4.68 Å². The van der Waals surface area contributed by atoms with E-state index in [2.05, 4.69) is 20.9 Å². The molecule has 2 N–H and O–H groups in total. The number of hydrogen-bond acceptors (Lipinski definition) is 9. The second-order valence-electron chi connectivity index (χ2n) is 13.8. The van der Waals surface area contributed by atoms with Crippen LogP contribution in [0, 0.1) is 5.92 Å². The van der Waals surface area contributed by atoms with Crippen LogP contribution in [0.2, 0.25) is 0 Å². The van der Waals surface area contributed by atoms with Crippen LogP contribution in [0.1, 0.15) is 54.1 Å². The minimum absolute atomic E-state index is 0.0606. The van der Waals surface area contributed by atoms with Gasteiger partial charge in [-0.2, -0.15) is 22.6 Å². The summed E-state index contributed by atoms with van der Waals surface area (Å²) in [5, 5.41) is 25.7. The molecule has 3 aliphatic heterocycles. The molecule has 1 aromatic carbocycles. The molecule has 0 spiro atoms. The SMILES string of the molecule is CS(=O)(=O)N1CCc2c(c(-c3ccc(C(F)(F)F)c(SCCN4CCCC(CO)C4)c3)nn2CC(O)CN2CCC(c3ccccn3)CC2)C1. The van der Waals surface area contributed by atoms with Crippen molar-refractivity contribution in [2.75, 3.05) is 64.4 Å². The molecule has 0 saturated carbocycles. The second-order valence-corrected chi connectivity index (χ2v) is 17.0. The molecule has 6 rings (SSSR count). The predicted octanol–water partition coefficient (Wildman–Crippen LogP) is 4.32. The molecule has 5 heterocycles. The van der Waals surface area contributed by atoms with Gasteiger partial charge >= 0.3 is 6.18 Å². The van der Waals surface area contributed by atoms with Gasteiger partial charge in [0, 0.05) is 91.0 Å². The number of piperidine rings is 2. The Morgan fingerprint density at radius 2 is 1.84 bits per heavy atom. The number of hydrogen-bond donors (Lipinski definition) is 2. The summed E-state index contributed by atoms with van der Waals surface area (Å²) in [7, 11) is -3.53. The summed E-state index contributed by atoms with van der Waals surface area (Å²) in [4.78, 5) is 9.03. The lowest BCUT2D eigenvalue weighted by atomic mass is 9.93. The van der Waals surface area contributed by atoms with Crippen LogP contribution in [-0.4, -0.2) is 118 Å². The summed E-state index contributed by atoms with van der Waals surface area (Å²) in [5.74, 6) is 1.03. The zero-order chi connectivity index (χ0) is 35.5. The number of β-amino-alcohol motifs (C(OH)–C–C–N with tert-alkyl or cyclic N) is 1. The fourth-order valence-electron chi connectivity index (χ4n) is 7.53. The fraction of sp³-hybridized carbons (Fsp3) is 0.600. The number of fused-ring (bicyclic) bond motifs is 1. The lowest BCUT2D eigenvalue weighted by Gasteiger charge is -2.33. The van der Waals surface area contributed by atoms with Crippen molar-refractivity contribution in [3.05, 3.63) is 65.1 Å². The maximum absolute atomic E-state index is 14.2. The first-order valence-corrected chi connectivity index (χ1v) is 20.2. The van der Waals surface area contributed by atoms with Crippen molar-refractivity contribution in [1.82, 2.24) is 28.9 Å². The summed E-state index contributed by atoms with van der Waals surface area (Å²) >= 11 is 1.15. The van der Waals surface area contributed by atoms with Gasteiger partial charge in [-0.15, -0.1) is 11.8 Å². The third-order valence-corrected chi connectivity index (χ3v) is 12.5. The number of alkyl halides is 3. The second kappa shape index (κ2) is 16.0. The largest absolute Gasteiger partial charge is 0.417 e. The van der Waals surface area contributed by atoms with Crippen molar-refractivity contribution < 1.29 is 31.8 Å². The first-order valence-electron chi connectivity index (χ1n) is 17.4. The minimum atomic E-state index is -4.55. The molecular formula is C35H47F3N6O4S2. The molecule has 3 aliphatic rings. The average molecular weight is 737 g/mol. The topological polar surface area (TPSA) is 115 Å². The van der Waals surface area contributed by atoms with E-state index in [-0.39, 0.29) is 37.1 Å². The highest BCUT2D eigenvalue weighted by atomic mass is 32.2. The number of aliphatic hydroxyl groups is 2. The normalized spacial score (nSPS) is 21.0. The fourth-order valence-corrected chi connectivity index (χ4v) is 9.43. The van der Waals surface area contributed by atoms with Crippen molar-refractivity contribution in [1.29, 1.82) is 0 Å². The molecule has 0 amide bonds. The van der Waals surface area contributed by atoms with Crippen molar-refractivity contribution >= 4 is 21.8 Å². The summed E-state index contributed by atoms with van der Waals surface area (Å²) in [6.07, 6.45) is 1.86. The van der Waals surface area contributed by atoms with Gasteiger partial charge in [0.15, 0.2) is 0 Å². The Labute approximate surface area is 296 Å². The number of pyridine rings is 1. The molecular weight excluding hydrogens is 690 g/mol. The Kier molecular flexibility index (Phi) is 11.9. The number of aromatic nitrogens is 3. The number of halogens is 3. The maximum atomic E-state index is 14.2. The highest BCUT2D eigenvalue weighted by Gasteiger charge is 2.35. The first kappa shape index (κ1) is 37.2. The molecule has 10 nitrogen and oxygen atoms in total. The number of likely N-dealkylation sites (tertiary alicyclic amines) is 2. The number of aliphatic hydroxyl groups excluding tert-OH is 2. The van der Waals surface area contributed by atoms with Crippen LogP contribution in [0.3, 0.4) is 0 Å². The van der Waals surface area contributed by atoms with Crippen LogP contribution in [0.25, 0.3) is 11.3 Å². The van der Waals surface area contributed by atoms with E-state index in [0.29, 0.717) is 48.0 Å². The number of rotatable bonds is 12. The van der Waals surface area contributed by atoms with Crippen LogP contribution in [0.4, 0.5) is 13.2 Å². The lowest BCUT2D eigenvalue weighted by molar-refractivity contribution is -0.139. The molecule has 2 saturated heterocycles. The van der Waals surface area contributed by atoms with E-state index >= 15 is 0 Å². The Balaban J connectivity index is 1.21. The smallest absolute Gasteiger partial charge is 0.396 e. The van der Waals surface area contributed by atoms with Gasteiger partial charge in [-0.3, -0.25) is 9.67 Å². The lowest BCUT2D eigenvalue weighted by Crippen LogP contribution is -2.40. The molecule has 0 bridgehead atoms. The minimum Gasteiger partial charge on any atom is -0.396 e. The van der Waals surface area contributed by atoms with Gasteiger partial charge in [-0.05, 0) is 75.5 Å². The van der Waals surface area contributed by atoms with Gasteiger partial charge < -0.3 is 20.0 Å². The van der Waals surface area contributed by atoms with Crippen LogP contribution in [-0.2, 0) is 35.7 Å². The predicted molar refractivity (Wildman–Crippen MR) is 187 cm³/mol. The molecule has 0 radical (unpaired) electrons. The van der Waals surface area contributed by atoms with Crippen molar-refractivity contribution in [3.63, 3.8) is 0 Å². The Hall–Kier alpha value is -2.53. The van der Waals surface area contributed by atoms with Gasteiger partial charge in [-0.25, -0.2) is 8.42 Å². The molecule has 2 aromatic heterocycles. The molecule has 15 heteroatoms. The van der Waals surface area contributed by atoms with Crippen LogP contribution < -0.4 is 0 Å². The highest BCUT2D eigenvalue weighted by Crippen LogP contribution is 2.40. The molecule has 2 atom stereocenters. The monoisotopic (exact) mass is 736 g/mol. The Morgan fingerprint density at radius 1 is 1.04 bits per heavy atom. The van der Waals surface area contributed by atoms with Crippen LogP contribution in [0.15, 0.2) is 47.5 Å². The number of thioether (sulfide) groups is 1. The summed E-state index contributed by atoms with van der Waals surface area (Å²) in [6, 6.07) is 10.00. The highest BCUT2D eigenvalue weighted by molar-refractivity contribution is 7.99. The van der Waals surface area contributed by atoms with Gasteiger partial charge in [-0.1, -0.05) is 12.1 Å². The van der Waals surface area contributed by atoms with E-state index in [1.165, 1.54) is 16.4 Å². The molecule has 50 heavy (non-hydrogen) atoms. The summed E-state index contributed by atoms with van der Waals surface area (Å²) in [6.45, 7) is 4.93. The van der Waals surface area contributed by atoms with Gasteiger partial charge in [0.2, 0.25) is 10.0 Å². The number of sulfonamides is 1. The molecule has 274 valence electrons. The van der Waals surface area contributed by atoms with E-state index in [1.807, 2.05) is 18.3 Å². The molecule has 2 fully saturated rings.